The van der Waals surface area contributed by atoms with Crippen molar-refractivity contribution < 1.29 is 23.8 Å². The van der Waals surface area contributed by atoms with E-state index in [1.54, 1.807) is 36.4 Å². The van der Waals surface area contributed by atoms with Crippen LogP contribution in [0.2, 0.25) is 0 Å². The summed E-state index contributed by atoms with van der Waals surface area (Å²) in [6.45, 7) is 6.42. The number of rotatable bonds is 13. The van der Waals surface area contributed by atoms with Gasteiger partial charge >= 0.3 is 11.9 Å². The van der Waals surface area contributed by atoms with Crippen LogP contribution >= 0.6 is 11.6 Å². The van der Waals surface area contributed by atoms with Gasteiger partial charge in [0.25, 0.3) is 0 Å². The summed E-state index contributed by atoms with van der Waals surface area (Å²) < 4.78 is 16.6. The smallest absolute Gasteiger partial charge is 0.343 e. The Balaban J connectivity index is 1.57. The molecule has 0 aliphatic rings. The highest BCUT2D eigenvalue weighted by Crippen LogP contribution is 2.26. The Morgan fingerprint density at radius 3 is 2.00 bits per heavy atom. The molecular formula is C32H34ClNO5. The Bertz CT molecular complexity index is 1280. The number of carbonyl (C=O) groups is 2. The Morgan fingerprint density at radius 1 is 0.846 bits per heavy atom. The Kier molecular flexibility index (Phi) is 11.4. The topological polar surface area (TPSA) is 85.6 Å². The lowest BCUT2D eigenvalue weighted by Crippen LogP contribution is -2.25. The summed E-state index contributed by atoms with van der Waals surface area (Å²) in [5.74, 6) is 0.200. The minimum absolute atomic E-state index is 0.0252. The van der Waals surface area contributed by atoms with Gasteiger partial charge in [-0.3, -0.25) is 4.79 Å². The van der Waals surface area contributed by atoms with Crippen LogP contribution in [0.4, 0.5) is 0 Å². The fourth-order valence-electron chi connectivity index (χ4n) is 3.80. The zero-order valence-corrected chi connectivity index (χ0v) is 23.4. The van der Waals surface area contributed by atoms with Gasteiger partial charge < -0.3 is 14.2 Å². The molecule has 0 N–H and O–H groups in total. The molecule has 0 bridgehead atoms. The molecular weight excluding hydrogens is 514 g/mol. The maximum atomic E-state index is 12.7. The number of halogens is 1. The van der Waals surface area contributed by atoms with E-state index in [0.29, 0.717) is 29.4 Å². The van der Waals surface area contributed by atoms with E-state index < -0.39 is 17.3 Å². The number of carbonyl (C=O) groups excluding carboxylic acids is 2. The lowest BCUT2D eigenvalue weighted by Gasteiger charge is -2.12. The van der Waals surface area contributed by atoms with Gasteiger partial charge in [-0.05, 0) is 65.9 Å². The molecule has 204 valence electrons. The van der Waals surface area contributed by atoms with Crippen LogP contribution in [0.25, 0.3) is 11.1 Å². The van der Waals surface area contributed by atoms with E-state index >= 15 is 0 Å². The summed E-state index contributed by atoms with van der Waals surface area (Å²) in [5.41, 5.74) is 2.37. The van der Waals surface area contributed by atoms with E-state index in [2.05, 4.69) is 13.0 Å². The fraction of sp³-hybridized carbons (Fsp3) is 0.344. The number of hydrogen-bond donors (Lipinski definition) is 0. The SMILES string of the molecule is CCCCCCCOc1ccc(C(=O)Oc2ccc(-c3ccc(OC(=O)C(Cl)C(C)C)cc3)cc2)cc1C#N. The molecule has 0 aliphatic carbocycles. The van der Waals surface area contributed by atoms with E-state index in [1.807, 2.05) is 38.1 Å². The molecule has 6 nitrogen and oxygen atoms in total. The van der Waals surface area contributed by atoms with Crippen molar-refractivity contribution in [2.45, 2.75) is 58.3 Å². The van der Waals surface area contributed by atoms with Crippen molar-refractivity contribution in [3.05, 3.63) is 77.9 Å². The van der Waals surface area contributed by atoms with Crippen LogP contribution in [-0.4, -0.2) is 23.9 Å². The van der Waals surface area contributed by atoms with Gasteiger partial charge in [0.15, 0.2) is 0 Å². The monoisotopic (exact) mass is 547 g/mol. The van der Waals surface area contributed by atoms with Gasteiger partial charge in [0.1, 0.15) is 28.7 Å². The number of nitrogens with zero attached hydrogens (tertiary/aromatic N) is 1. The molecule has 39 heavy (non-hydrogen) atoms. The molecule has 0 amide bonds. The Labute approximate surface area is 235 Å². The van der Waals surface area contributed by atoms with Crippen LogP contribution in [0.1, 0.15) is 68.8 Å². The van der Waals surface area contributed by atoms with Crippen LogP contribution in [0.5, 0.6) is 17.2 Å². The molecule has 7 heteroatoms. The third kappa shape index (κ3) is 8.87. The molecule has 0 heterocycles. The second-order valence-electron chi connectivity index (χ2n) is 9.59. The lowest BCUT2D eigenvalue weighted by molar-refractivity contribution is -0.134. The quantitative estimate of drug-likeness (QED) is 0.0933. The van der Waals surface area contributed by atoms with Crippen molar-refractivity contribution in [3.8, 4) is 34.4 Å². The standard InChI is InChI=1S/C32H34ClNO5/c1-4-5-6-7-8-19-37-29-18-13-25(20-26(29)21-34)31(35)38-27-14-9-23(10-15-27)24-11-16-28(17-12-24)39-32(36)30(33)22(2)3/h9-18,20,22,30H,4-8,19H2,1-3H3. The zero-order valence-electron chi connectivity index (χ0n) is 22.6. The maximum absolute atomic E-state index is 12.7. The molecule has 0 saturated carbocycles. The first-order valence-corrected chi connectivity index (χ1v) is 13.7. The minimum atomic E-state index is -0.706. The van der Waals surface area contributed by atoms with Crippen LogP contribution in [0, 0.1) is 17.2 Å². The van der Waals surface area contributed by atoms with E-state index in [0.717, 1.165) is 24.0 Å². The molecule has 3 rings (SSSR count). The fourth-order valence-corrected chi connectivity index (χ4v) is 3.84. The predicted octanol–water partition coefficient (Wildman–Crippen LogP) is 7.96. The van der Waals surface area contributed by atoms with E-state index in [1.165, 1.54) is 25.3 Å². The van der Waals surface area contributed by atoms with Crippen LogP contribution < -0.4 is 14.2 Å². The number of unbranched alkanes of at least 4 members (excludes halogenated alkanes) is 4. The summed E-state index contributed by atoms with van der Waals surface area (Å²) >= 11 is 6.06. The number of benzene rings is 3. The first-order chi connectivity index (χ1) is 18.8. The Hall–Kier alpha value is -3.82. The molecule has 3 aromatic carbocycles. The Morgan fingerprint density at radius 2 is 1.44 bits per heavy atom. The number of hydrogen-bond acceptors (Lipinski definition) is 6. The number of alkyl halides is 1. The second kappa shape index (κ2) is 14.9. The average molecular weight is 548 g/mol. The highest BCUT2D eigenvalue weighted by molar-refractivity contribution is 6.30. The van der Waals surface area contributed by atoms with Crippen molar-refractivity contribution in [3.63, 3.8) is 0 Å². The van der Waals surface area contributed by atoms with Gasteiger partial charge in [-0.25, -0.2) is 4.79 Å². The van der Waals surface area contributed by atoms with Crippen molar-refractivity contribution in [1.29, 1.82) is 5.26 Å². The van der Waals surface area contributed by atoms with Gasteiger partial charge in [-0.1, -0.05) is 70.7 Å². The number of ether oxygens (including phenoxy) is 3. The highest BCUT2D eigenvalue weighted by atomic mass is 35.5. The van der Waals surface area contributed by atoms with E-state index in [-0.39, 0.29) is 11.5 Å². The van der Waals surface area contributed by atoms with Gasteiger partial charge in [-0.2, -0.15) is 5.26 Å². The maximum Gasteiger partial charge on any atom is 0.343 e. The summed E-state index contributed by atoms with van der Waals surface area (Å²) in [7, 11) is 0. The molecule has 0 aromatic heterocycles. The minimum Gasteiger partial charge on any atom is -0.492 e. The molecule has 3 aromatic rings. The van der Waals surface area contributed by atoms with Gasteiger partial charge in [0, 0.05) is 0 Å². The largest absolute Gasteiger partial charge is 0.492 e. The molecule has 0 aliphatic heterocycles. The van der Waals surface area contributed by atoms with Crippen LogP contribution in [0.3, 0.4) is 0 Å². The van der Waals surface area contributed by atoms with Gasteiger partial charge in [-0.15, -0.1) is 11.6 Å². The van der Waals surface area contributed by atoms with Crippen molar-refractivity contribution in [2.75, 3.05) is 6.61 Å². The molecule has 0 fully saturated rings. The van der Waals surface area contributed by atoms with Crippen molar-refractivity contribution >= 4 is 23.5 Å². The zero-order chi connectivity index (χ0) is 28.2. The van der Waals surface area contributed by atoms with Gasteiger partial charge in [0.2, 0.25) is 0 Å². The van der Waals surface area contributed by atoms with E-state index in [9.17, 15) is 14.9 Å². The average Bonchev–Trinajstić information content (AvgIpc) is 2.95. The molecule has 0 saturated heterocycles. The normalized spacial score (nSPS) is 11.5. The molecule has 0 spiro atoms. The molecule has 1 unspecified atom stereocenters. The number of esters is 2. The van der Waals surface area contributed by atoms with Crippen molar-refractivity contribution in [1.82, 2.24) is 0 Å². The van der Waals surface area contributed by atoms with Gasteiger partial charge in [0.05, 0.1) is 17.7 Å². The van der Waals surface area contributed by atoms with Crippen LogP contribution in [0.15, 0.2) is 66.7 Å². The van der Waals surface area contributed by atoms with Crippen molar-refractivity contribution in [2.24, 2.45) is 5.92 Å². The van der Waals surface area contributed by atoms with E-state index in [4.69, 9.17) is 25.8 Å². The molecule has 0 radical (unpaired) electrons. The van der Waals surface area contributed by atoms with Crippen LogP contribution in [-0.2, 0) is 4.79 Å². The predicted molar refractivity (Wildman–Crippen MR) is 152 cm³/mol. The third-order valence-electron chi connectivity index (χ3n) is 6.12. The first-order valence-electron chi connectivity index (χ1n) is 13.3. The number of nitriles is 1. The lowest BCUT2D eigenvalue weighted by atomic mass is 10.1. The summed E-state index contributed by atoms with van der Waals surface area (Å²) in [6.07, 6.45) is 5.59. The highest BCUT2D eigenvalue weighted by Gasteiger charge is 2.21. The third-order valence-corrected chi connectivity index (χ3v) is 6.80. The summed E-state index contributed by atoms with van der Waals surface area (Å²) in [6, 6.07) is 21.0. The molecule has 1 atom stereocenters. The first kappa shape index (κ1) is 29.7. The second-order valence-corrected chi connectivity index (χ2v) is 10.1. The summed E-state index contributed by atoms with van der Waals surface area (Å²) in [4.78, 5) is 24.8. The summed E-state index contributed by atoms with van der Waals surface area (Å²) in [5, 5.41) is 8.81.